The van der Waals surface area contributed by atoms with Crippen molar-refractivity contribution in [1.29, 1.82) is 0 Å². The summed E-state index contributed by atoms with van der Waals surface area (Å²) in [5.74, 6) is -1.21. The molecule has 2 heterocycles. The number of amides is 1. The topological polar surface area (TPSA) is 107 Å². The average molecular weight is 325 g/mol. The average Bonchev–Trinajstić information content (AvgIpc) is 3.08. The van der Waals surface area contributed by atoms with Crippen LogP contribution in [0.4, 0.5) is 4.39 Å². The van der Waals surface area contributed by atoms with Crippen molar-refractivity contribution in [3.63, 3.8) is 0 Å². The second-order valence-electron chi connectivity index (χ2n) is 4.99. The van der Waals surface area contributed by atoms with Gasteiger partial charge in [-0.05, 0) is 35.0 Å². The molecule has 1 aromatic heterocycles. The van der Waals surface area contributed by atoms with Crippen LogP contribution in [0, 0.1) is 5.82 Å². The molecule has 0 spiro atoms. The van der Waals surface area contributed by atoms with Crippen LogP contribution in [-0.2, 0) is 9.84 Å². The Labute approximate surface area is 125 Å². The molecule has 8 nitrogen and oxygen atoms in total. The van der Waals surface area contributed by atoms with Crippen LogP contribution in [0.2, 0.25) is 0 Å². The van der Waals surface area contributed by atoms with E-state index in [-0.39, 0.29) is 17.1 Å². The molecule has 0 unspecified atom stereocenters. The molecule has 1 amide bonds. The van der Waals surface area contributed by atoms with Crippen LogP contribution in [0.5, 0.6) is 0 Å². The van der Waals surface area contributed by atoms with Gasteiger partial charge in [-0.2, -0.15) is 4.68 Å². The molecule has 2 aromatic rings. The Morgan fingerprint density at radius 3 is 2.86 bits per heavy atom. The summed E-state index contributed by atoms with van der Waals surface area (Å²) in [5.41, 5.74) is 0.348. The summed E-state index contributed by atoms with van der Waals surface area (Å²) in [6.45, 7) is 0. The highest BCUT2D eigenvalue weighted by Gasteiger charge is 2.29. The van der Waals surface area contributed by atoms with Crippen molar-refractivity contribution in [3.8, 4) is 5.69 Å². The van der Waals surface area contributed by atoms with Crippen LogP contribution < -0.4 is 5.32 Å². The van der Waals surface area contributed by atoms with Gasteiger partial charge >= 0.3 is 0 Å². The fourth-order valence-electron chi connectivity index (χ4n) is 2.33. The maximum atomic E-state index is 13.4. The molecule has 1 fully saturated rings. The van der Waals surface area contributed by atoms with Crippen molar-refractivity contribution in [3.05, 3.63) is 35.9 Å². The molecule has 1 saturated heterocycles. The predicted molar refractivity (Wildman–Crippen MR) is 73.6 cm³/mol. The third kappa shape index (κ3) is 2.96. The number of tetrazole rings is 1. The fourth-order valence-corrected chi connectivity index (χ4v) is 4.01. The van der Waals surface area contributed by atoms with E-state index in [1.54, 1.807) is 0 Å². The molecule has 22 heavy (non-hydrogen) atoms. The molecule has 0 radical (unpaired) electrons. The highest BCUT2D eigenvalue weighted by molar-refractivity contribution is 7.91. The van der Waals surface area contributed by atoms with Gasteiger partial charge in [0.2, 0.25) is 0 Å². The Balaban J connectivity index is 1.87. The number of aromatic nitrogens is 4. The molecular formula is C12H12FN5O3S. The van der Waals surface area contributed by atoms with E-state index in [2.05, 4.69) is 20.8 Å². The summed E-state index contributed by atoms with van der Waals surface area (Å²) in [6.07, 6.45) is 1.63. The number of halogens is 1. The van der Waals surface area contributed by atoms with Crippen LogP contribution in [0.15, 0.2) is 24.5 Å². The zero-order valence-electron chi connectivity index (χ0n) is 11.3. The number of benzene rings is 1. The number of nitrogens with one attached hydrogen (secondary N) is 1. The minimum atomic E-state index is -3.11. The van der Waals surface area contributed by atoms with E-state index in [0.717, 1.165) is 6.07 Å². The number of carbonyl (C=O) groups excluding carboxylic acids is 1. The minimum absolute atomic E-state index is 0.0385. The van der Waals surface area contributed by atoms with E-state index in [9.17, 15) is 17.6 Å². The van der Waals surface area contributed by atoms with E-state index < -0.39 is 27.6 Å². The van der Waals surface area contributed by atoms with Gasteiger partial charge in [0.15, 0.2) is 9.84 Å². The lowest BCUT2D eigenvalue weighted by atomic mass is 10.1. The highest BCUT2D eigenvalue weighted by atomic mass is 32.2. The van der Waals surface area contributed by atoms with Gasteiger partial charge in [0.25, 0.3) is 5.91 Å². The van der Waals surface area contributed by atoms with Crippen molar-refractivity contribution in [2.75, 3.05) is 11.5 Å². The molecule has 10 heteroatoms. The van der Waals surface area contributed by atoms with Crippen LogP contribution >= 0.6 is 0 Å². The standard InChI is InChI=1S/C12H12FN5O3S/c13-8-1-2-11(18-7-14-16-17-18)10(5-8)12(19)15-9-3-4-22(20,21)6-9/h1-2,5,7,9H,3-4,6H2,(H,15,19)/t9-/m1/s1. The molecule has 0 saturated carbocycles. The summed E-state index contributed by atoms with van der Waals surface area (Å²) in [7, 11) is -3.11. The van der Waals surface area contributed by atoms with Crippen molar-refractivity contribution >= 4 is 15.7 Å². The van der Waals surface area contributed by atoms with Gasteiger partial charge in [-0.3, -0.25) is 4.79 Å². The lowest BCUT2D eigenvalue weighted by Crippen LogP contribution is -2.36. The lowest BCUT2D eigenvalue weighted by Gasteiger charge is -2.13. The quantitative estimate of drug-likeness (QED) is 0.831. The summed E-state index contributed by atoms with van der Waals surface area (Å²) >= 11 is 0. The number of carbonyl (C=O) groups is 1. The zero-order valence-corrected chi connectivity index (χ0v) is 12.1. The van der Waals surface area contributed by atoms with E-state index in [4.69, 9.17) is 0 Å². The van der Waals surface area contributed by atoms with Crippen molar-refractivity contribution in [2.24, 2.45) is 0 Å². The van der Waals surface area contributed by atoms with Crippen molar-refractivity contribution in [2.45, 2.75) is 12.5 Å². The second kappa shape index (κ2) is 5.44. The first-order valence-electron chi connectivity index (χ1n) is 6.49. The number of rotatable bonds is 3. The molecule has 1 aromatic carbocycles. The summed E-state index contributed by atoms with van der Waals surface area (Å²) in [4.78, 5) is 12.3. The molecule has 1 aliphatic rings. The van der Waals surface area contributed by atoms with Gasteiger partial charge in [-0.25, -0.2) is 12.8 Å². The van der Waals surface area contributed by atoms with Gasteiger partial charge in [0.1, 0.15) is 12.1 Å². The molecule has 1 N–H and O–H groups in total. The largest absolute Gasteiger partial charge is 0.348 e. The Kier molecular flexibility index (Phi) is 3.61. The fraction of sp³-hybridized carbons (Fsp3) is 0.333. The second-order valence-corrected chi connectivity index (χ2v) is 7.22. The first kappa shape index (κ1) is 14.6. The molecule has 1 aliphatic heterocycles. The molecule has 1 atom stereocenters. The molecule has 3 rings (SSSR count). The molecule has 0 bridgehead atoms. The Morgan fingerprint density at radius 1 is 1.41 bits per heavy atom. The molecule has 0 aliphatic carbocycles. The highest BCUT2D eigenvalue weighted by Crippen LogP contribution is 2.17. The number of hydrogen-bond donors (Lipinski definition) is 1. The van der Waals surface area contributed by atoms with Crippen molar-refractivity contribution < 1.29 is 17.6 Å². The monoisotopic (exact) mass is 325 g/mol. The van der Waals surface area contributed by atoms with Gasteiger partial charge in [0, 0.05) is 6.04 Å². The predicted octanol–water partition coefficient (Wildman–Crippen LogP) is -0.282. The van der Waals surface area contributed by atoms with Gasteiger partial charge in [-0.1, -0.05) is 0 Å². The lowest BCUT2D eigenvalue weighted by molar-refractivity contribution is 0.0940. The van der Waals surface area contributed by atoms with E-state index in [0.29, 0.717) is 12.1 Å². The molecular weight excluding hydrogens is 313 g/mol. The van der Waals surface area contributed by atoms with E-state index in [1.165, 1.54) is 23.1 Å². The van der Waals surface area contributed by atoms with Gasteiger partial charge in [-0.15, -0.1) is 5.10 Å². The summed E-state index contributed by atoms with van der Waals surface area (Å²) in [5, 5.41) is 13.2. The minimum Gasteiger partial charge on any atom is -0.348 e. The van der Waals surface area contributed by atoms with Gasteiger partial charge in [0.05, 0.1) is 22.8 Å². The first-order valence-corrected chi connectivity index (χ1v) is 8.31. The van der Waals surface area contributed by atoms with Crippen LogP contribution in [0.3, 0.4) is 0 Å². The third-order valence-electron chi connectivity index (χ3n) is 3.37. The SMILES string of the molecule is O=C(N[C@@H]1CCS(=O)(=O)C1)c1cc(F)ccc1-n1cnnn1. The Morgan fingerprint density at radius 2 is 2.23 bits per heavy atom. The van der Waals surface area contributed by atoms with Crippen LogP contribution in [-0.4, -0.2) is 52.1 Å². The number of hydrogen-bond acceptors (Lipinski definition) is 6. The smallest absolute Gasteiger partial charge is 0.253 e. The Bertz CT molecular complexity index is 806. The normalized spacial score (nSPS) is 20.0. The third-order valence-corrected chi connectivity index (χ3v) is 5.13. The first-order chi connectivity index (χ1) is 10.4. The zero-order chi connectivity index (χ0) is 15.7. The number of sulfone groups is 1. The summed E-state index contributed by atoms with van der Waals surface area (Å²) < 4.78 is 37.5. The van der Waals surface area contributed by atoms with Crippen LogP contribution in [0.1, 0.15) is 16.8 Å². The van der Waals surface area contributed by atoms with Gasteiger partial charge < -0.3 is 5.32 Å². The summed E-state index contributed by atoms with van der Waals surface area (Å²) in [6, 6.07) is 3.16. The van der Waals surface area contributed by atoms with Crippen molar-refractivity contribution in [1.82, 2.24) is 25.5 Å². The van der Waals surface area contributed by atoms with Crippen LogP contribution in [0.25, 0.3) is 5.69 Å². The maximum absolute atomic E-state index is 13.4. The maximum Gasteiger partial charge on any atom is 0.253 e. The number of nitrogens with zero attached hydrogens (tertiary/aromatic N) is 4. The van der Waals surface area contributed by atoms with E-state index >= 15 is 0 Å². The molecule has 116 valence electrons. The van der Waals surface area contributed by atoms with E-state index in [1.807, 2.05) is 0 Å². The Hall–Kier alpha value is -2.36.